The largest absolute Gasteiger partial charge is 0.395 e. The van der Waals surface area contributed by atoms with Crippen molar-refractivity contribution in [3.05, 3.63) is 24.8 Å². The summed E-state index contributed by atoms with van der Waals surface area (Å²) in [6.45, 7) is 7.64. The highest BCUT2D eigenvalue weighted by atomic mass is 16.3. The fourth-order valence-corrected chi connectivity index (χ4v) is 0.381. The van der Waals surface area contributed by atoms with E-state index in [0.717, 1.165) is 0 Å². The highest BCUT2D eigenvalue weighted by Crippen LogP contribution is 2.14. The van der Waals surface area contributed by atoms with E-state index in [0.29, 0.717) is 0 Å². The van der Waals surface area contributed by atoms with Crippen molar-refractivity contribution in [1.29, 1.82) is 0 Å². The molecule has 0 aliphatic heterocycles. The Hall–Kier alpha value is -0.560. The number of rotatable bonds is 3. The molecule has 0 aliphatic rings. The number of allylic oxidation sites excluding steroid dienone is 2. The maximum absolute atomic E-state index is 8.74. The first-order valence-electron chi connectivity index (χ1n) is 3.03. The molecule has 0 spiro atoms. The third kappa shape index (κ3) is 3.98. The second-order valence-corrected chi connectivity index (χ2v) is 2.74. The number of hydrogen-bond donors (Lipinski definition) is 1. The maximum Gasteiger partial charge on any atom is 0.0516 e. The normalized spacial score (nSPS) is 12.3. The van der Waals surface area contributed by atoms with Crippen LogP contribution in [0.15, 0.2) is 24.8 Å². The second-order valence-electron chi connectivity index (χ2n) is 2.74. The van der Waals surface area contributed by atoms with Gasteiger partial charge < -0.3 is 5.11 Å². The van der Waals surface area contributed by atoms with Crippen LogP contribution < -0.4 is 0 Å². The topological polar surface area (TPSA) is 20.2 Å². The molecule has 0 saturated carbocycles. The first-order chi connectivity index (χ1) is 4.12. The molecular weight excluding hydrogens is 112 g/mol. The van der Waals surface area contributed by atoms with Gasteiger partial charge in [-0.05, 0) is 0 Å². The summed E-state index contributed by atoms with van der Waals surface area (Å²) in [4.78, 5) is 0. The molecule has 0 saturated heterocycles. The Labute approximate surface area is 56.7 Å². The van der Waals surface area contributed by atoms with E-state index in [4.69, 9.17) is 5.11 Å². The fourth-order valence-electron chi connectivity index (χ4n) is 0.381. The molecule has 52 valence electrons. The smallest absolute Gasteiger partial charge is 0.0516 e. The van der Waals surface area contributed by atoms with Gasteiger partial charge in [0.2, 0.25) is 0 Å². The van der Waals surface area contributed by atoms with Crippen molar-refractivity contribution in [1.82, 2.24) is 0 Å². The molecule has 1 N–H and O–H groups in total. The molecule has 0 rings (SSSR count). The van der Waals surface area contributed by atoms with Gasteiger partial charge in [-0.15, -0.1) is 0 Å². The summed E-state index contributed by atoms with van der Waals surface area (Å²) in [5.41, 5.74) is -0.103. The molecule has 0 bridgehead atoms. The molecule has 0 radical (unpaired) electrons. The molecule has 0 unspecified atom stereocenters. The van der Waals surface area contributed by atoms with Crippen LogP contribution in [0.1, 0.15) is 13.8 Å². The Bertz CT molecular complexity index is 112. The van der Waals surface area contributed by atoms with E-state index in [1.165, 1.54) is 0 Å². The quantitative estimate of drug-likeness (QED) is 0.571. The standard InChI is InChI=1S/C8H14O/c1-4-5-6-8(2,3)7-9/h4-6,9H,1,7H2,2-3H3. The van der Waals surface area contributed by atoms with Gasteiger partial charge in [0.05, 0.1) is 6.61 Å². The summed E-state index contributed by atoms with van der Waals surface area (Å²) in [5, 5.41) is 8.74. The summed E-state index contributed by atoms with van der Waals surface area (Å²) >= 11 is 0. The minimum atomic E-state index is -0.103. The lowest BCUT2D eigenvalue weighted by Crippen LogP contribution is -2.12. The van der Waals surface area contributed by atoms with Crippen LogP contribution in [-0.2, 0) is 0 Å². The van der Waals surface area contributed by atoms with Crippen LogP contribution in [0.2, 0.25) is 0 Å². The molecule has 1 nitrogen and oxygen atoms in total. The van der Waals surface area contributed by atoms with E-state index in [9.17, 15) is 0 Å². The van der Waals surface area contributed by atoms with E-state index < -0.39 is 0 Å². The fraction of sp³-hybridized carbons (Fsp3) is 0.500. The van der Waals surface area contributed by atoms with Gasteiger partial charge in [-0.1, -0.05) is 38.7 Å². The lowest BCUT2D eigenvalue weighted by atomic mass is 9.94. The van der Waals surface area contributed by atoms with Crippen molar-refractivity contribution in [2.45, 2.75) is 13.8 Å². The van der Waals surface area contributed by atoms with Gasteiger partial charge in [0.25, 0.3) is 0 Å². The van der Waals surface area contributed by atoms with Gasteiger partial charge in [0.1, 0.15) is 0 Å². The first kappa shape index (κ1) is 8.44. The Balaban J connectivity index is 3.84. The van der Waals surface area contributed by atoms with Gasteiger partial charge in [0.15, 0.2) is 0 Å². The number of aliphatic hydroxyl groups excluding tert-OH is 1. The average molecular weight is 126 g/mol. The second kappa shape index (κ2) is 3.46. The lowest BCUT2D eigenvalue weighted by Gasteiger charge is -2.14. The molecular formula is C8H14O. The number of aliphatic hydroxyl groups is 1. The average Bonchev–Trinajstić information content (AvgIpc) is 1.84. The molecule has 0 aromatic heterocycles. The van der Waals surface area contributed by atoms with Crippen LogP contribution in [0.25, 0.3) is 0 Å². The highest BCUT2D eigenvalue weighted by Gasteiger charge is 2.09. The maximum atomic E-state index is 8.74. The predicted molar refractivity (Wildman–Crippen MR) is 40.2 cm³/mol. The zero-order chi connectivity index (χ0) is 7.33. The summed E-state index contributed by atoms with van der Waals surface area (Å²) in [5.74, 6) is 0. The van der Waals surface area contributed by atoms with E-state index in [1.54, 1.807) is 6.08 Å². The Morgan fingerprint density at radius 3 is 2.44 bits per heavy atom. The van der Waals surface area contributed by atoms with Crippen molar-refractivity contribution in [2.75, 3.05) is 6.61 Å². The van der Waals surface area contributed by atoms with Crippen molar-refractivity contribution in [2.24, 2.45) is 5.41 Å². The third-order valence-electron chi connectivity index (χ3n) is 1.09. The van der Waals surface area contributed by atoms with Crippen LogP contribution in [-0.4, -0.2) is 11.7 Å². The van der Waals surface area contributed by atoms with Gasteiger partial charge >= 0.3 is 0 Å². The Morgan fingerprint density at radius 1 is 1.56 bits per heavy atom. The molecule has 0 aromatic rings. The summed E-state index contributed by atoms with van der Waals surface area (Å²) in [6, 6.07) is 0. The highest BCUT2D eigenvalue weighted by molar-refractivity contribution is 5.03. The van der Waals surface area contributed by atoms with Crippen LogP contribution in [0.4, 0.5) is 0 Å². The van der Waals surface area contributed by atoms with Gasteiger partial charge in [-0.3, -0.25) is 0 Å². The zero-order valence-electron chi connectivity index (χ0n) is 6.09. The van der Waals surface area contributed by atoms with E-state index in [2.05, 4.69) is 6.58 Å². The molecule has 0 amide bonds. The summed E-state index contributed by atoms with van der Waals surface area (Å²) in [7, 11) is 0. The van der Waals surface area contributed by atoms with Crippen LogP contribution in [0.5, 0.6) is 0 Å². The zero-order valence-corrected chi connectivity index (χ0v) is 6.09. The molecule has 0 fully saturated rings. The van der Waals surface area contributed by atoms with Crippen molar-refractivity contribution < 1.29 is 5.11 Å². The summed E-state index contributed by atoms with van der Waals surface area (Å²) < 4.78 is 0. The Kier molecular flexibility index (Phi) is 3.25. The van der Waals surface area contributed by atoms with Gasteiger partial charge in [-0.2, -0.15) is 0 Å². The lowest BCUT2D eigenvalue weighted by molar-refractivity contribution is 0.199. The minimum Gasteiger partial charge on any atom is -0.395 e. The van der Waals surface area contributed by atoms with Crippen molar-refractivity contribution >= 4 is 0 Å². The third-order valence-corrected chi connectivity index (χ3v) is 1.09. The SMILES string of the molecule is C=CC=CC(C)(C)CO. The van der Waals surface area contributed by atoms with Crippen LogP contribution in [0.3, 0.4) is 0 Å². The van der Waals surface area contributed by atoms with Crippen LogP contribution in [0, 0.1) is 5.41 Å². The molecule has 0 aliphatic carbocycles. The Morgan fingerprint density at radius 2 is 2.11 bits per heavy atom. The molecule has 0 atom stereocenters. The van der Waals surface area contributed by atoms with E-state index in [1.807, 2.05) is 26.0 Å². The van der Waals surface area contributed by atoms with Gasteiger partial charge in [0, 0.05) is 5.41 Å². The van der Waals surface area contributed by atoms with Gasteiger partial charge in [-0.25, -0.2) is 0 Å². The number of hydrogen-bond acceptors (Lipinski definition) is 1. The van der Waals surface area contributed by atoms with Crippen molar-refractivity contribution in [3.8, 4) is 0 Å². The molecule has 0 aromatic carbocycles. The van der Waals surface area contributed by atoms with E-state index >= 15 is 0 Å². The predicted octanol–water partition coefficient (Wildman–Crippen LogP) is 1.75. The summed E-state index contributed by atoms with van der Waals surface area (Å²) in [6.07, 6.45) is 5.48. The first-order valence-corrected chi connectivity index (χ1v) is 3.03. The van der Waals surface area contributed by atoms with E-state index in [-0.39, 0.29) is 12.0 Å². The minimum absolute atomic E-state index is 0.103. The monoisotopic (exact) mass is 126 g/mol. The molecule has 9 heavy (non-hydrogen) atoms. The van der Waals surface area contributed by atoms with Crippen LogP contribution >= 0.6 is 0 Å². The molecule has 1 heteroatoms. The molecule has 0 heterocycles. The van der Waals surface area contributed by atoms with Crippen molar-refractivity contribution in [3.63, 3.8) is 0 Å².